The van der Waals surface area contributed by atoms with Crippen LogP contribution in [-0.2, 0) is 0 Å². The summed E-state index contributed by atoms with van der Waals surface area (Å²) in [5, 5.41) is 6.85. The molecule has 0 spiro atoms. The topological polar surface area (TPSA) is 67.2 Å². The van der Waals surface area contributed by atoms with Gasteiger partial charge in [0, 0.05) is 23.9 Å². The molecule has 1 atom stereocenters. The molecule has 2 rings (SSSR count). The molecule has 1 aliphatic heterocycles. The molecule has 20 heavy (non-hydrogen) atoms. The molecular formula is C15H23N3OS. The zero-order valence-corrected chi connectivity index (χ0v) is 12.8. The van der Waals surface area contributed by atoms with E-state index in [1.807, 2.05) is 30.8 Å². The number of thioether (sulfide) groups is 1. The maximum Gasteiger partial charge on any atom is 0.251 e. The van der Waals surface area contributed by atoms with E-state index in [-0.39, 0.29) is 5.91 Å². The predicted octanol–water partition coefficient (Wildman–Crippen LogP) is 2.72. The lowest BCUT2D eigenvalue weighted by Crippen LogP contribution is -2.23. The largest absolute Gasteiger partial charge is 0.397 e. The van der Waals surface area contributed by atoms with E-state index < -0.39 is 0 Å². The van der Waals surface area contributed by atoms with E-state index in [1.54, 1.807) is 6.07 Å². The van der Waals surface area contributed by atoms with Crippen molar-refractivity contribution >= 4 is 29.0 Å². The van der Waals surface area contributed by atoms with E-state index >= 15 is 0 Å². The maximum absolute atomic E-state index is 11.7. The van der Waals surface area contributed by atoms with Crippen LogP contribution in [0.3, 0.4) is 0 Å². The Morgan fingerprint density at radius 2 is 2.30 bits per heavy atom. The highest BCUT2D eigenvalue weighted by Gasteiger charge is 2.14. The highest BCUT2D eigenvalue weighted by molar-refractivity contribution is 7.99. The van der Waals surface area contributed by atoms with Crippen LogP contribution in [0.4, 0.5) is 11.4 Å². The summed E-state index contributed by atoms with van der Waals surface area (Å²) in [5.74, 6) is 1.19. The number of nitrogen functional groups attached to an aromatic ring is 1. The van der Waals surface area contributed by atoms with Gasteiger partial charge in [-0.2, -0.15) is 11.8 Å². The van der Waals surface area contributed by atoms with Gasteiger partial charge in [0.2, 0.25) is 0 Å². The molecule has 1 unspecified atom stereocenters. The first-order valence-electron chi connectivity index (χ1n) is 7.24. The Labute approximate surface area is 124 Å². The first kappa shape index (κ1) is 15.0. The summed E-state index contributed by atoms with van der Waals surface area (Å²) in [5.41, 5.74) is 8.19. The first-order valence-corrected chi connectivity index (χ1v) is 8.28. The predicted molar refractivity (Wildman–Crippen MR) is 87.4 cm³/mol. The van der Waals surface area contributed by atoms with E-state index in [2.05, 4.69) is 10.6 Å². The Bertz CT molecular complexity index is 458. The quantitative estimate of drug-likeness (QED) is 0.730. The normalized spacial score (nSPS) is 18.6. The Morgan fingerprint density at radius 3 is 2.95 bits per heavy atom. The second kappa shape index (κ2) is 7.43. The van der Waals surface area contributed by atoms with Crippen molar-refractivity contribution in [2.45, 2.75) is 31.4 Å². The van der Waals surface area contributed by atoms with Crippen LogP contribution in [0.1, 0.15) is 36.5 Å². The van der Waals surface area contributed by atoms with Gasteiger partial charge in [-0.1, -0.05) is 6.42 Å². The minimum atomic E-state index is -0.0754. The number of carbonyl (C=O) groups excluding carboxylic acids is 1. The Kier molecular flexibility index (Phi) is 5.59. The van der Waals surface area contributed by atoms with Gasteiger partial charge in [-0.3, -0.25) is 4.79 Å². The number of benzene rings is 1. The lowest BCUT2D eigenvalue weighted by molar-refractivity contribution is 0.0956. The molecule has 110 valence electrons. The van der Waals surface area contributed by atoms with Crippen LogP contribution >= 0.6 is 11.8 Å². The average Bonchev–Trinajstić information content (AvgIpc) is 2.47. The minimum Gasteiger partial charge on any atom is -0.397 e. The van der Waals surface area contributed by atoms with Crippen LogP contribution in [0.15, 0.2) is 18.2 Å². The number of nitrogens with two attached hydrogens (primary N) is 1. The number of hydrogen-bond donors (Lipinski definition) is 3. The molecule has 5 heteroatoms. The van der Waals surface area contributed by atoms with Gasteiger partial charge >= 0.3 is 0 Å². The van der Waals surface area contributed by atoms with Gasteiger partial charge in [-0.05, 0) is 43.7 Å². The fraction of sp³-hybridized carbons (Fsp3) is 0.533. The highest BCUT2D eigenvalue weighted by atomic mass is 32.2. The average molecular weight is 293 g/mol. The summed E-state index contributed by atoms with van der Waals surface area (Å²) < 4.78 is 0. The zero-order valence-electron chi connectivity index (χ0n) is 11.9. The Balaban J connectivity index is 1.93. The number of hydrogen-bond acceptors (Lipinski definition) is 4. The van der Waals surface area contributed by atoms with Crippen molar-refractivity contribution in [2.75, 3.05) is 29.9 Å². The molecule has 1 fully saturated rings. The summed E-state index contributed by atoms with van der Waals surface area (Å²) >= 11 is 2.04. The summed E-state index contributed by atoms with van der Waals surface area (Å²) in [6.07, 6.45) is 3.93. The smallest absolute Gasteiger partial charge is 0.251 e. The number of amides is 1. The SMILES string of the molecule is CCNC(=O)c1ccc(NCC2CCCCS2)c(N)c1. The monoisotopic (exact) mass is 293 g/mol. The van der Waals surface area contributed by atoms with Crippen LogP contribution in [-0.4, -0.2) is 30.0 Å². The molecule has 4 nitrogen and oxygen atoms in total. The van der Waals surface area contributed by atoms with Crippen molar-refractivity contribution in [2.24, 2.45) is 0 Å². The minimum absolute atomic E-state index is 0.0754. The second-order valence-electron chi connectivity index (χ2n) is 5.03. The summed E-state index contributed by atoms with van der Waals surface area (Å²) in [6.45, 7) is 3.46. The molecule has 0 bridgehead atoms. The van der Waals surface area contributed by atoms with Crippen molar-refractivity contribution in [3.05, 3.63) is 23.8 Å². The van der Waals surface area contributed by atoms with Gasteiger partial charge in [0.05, 0.1) is 11.4 Å². The molecule has 0 radical (unpaired) electrons. The molecule has 0 aliphatic carbocycles. The zero-order chi connectivity index (χ0) is 14.4. The number of nitrogens with one attached hydrogen (secondary N) is 2. The van der Waals surface area contributed by atoms with E-state index in [1.165, 1.54) is 25.0 Å². The van der Waals surface area contributed by atoms with Gasteiger partial charge in [0.1, 0.15) is 0 Å². The molecule has 1 amide bonds. The van der Waals surface area contributed by atoms with Crippen molar-refractivity contribution in [3.8, 4) is 0 Å². The molecule has 0 saturated carbocycles. The van der Waals surface area contributed by atoms with Gasteiger partial charge in [-0.15, -0.1) is 0 Å². The number of rotatable bonds is 5. The first-order chi connectivity index (χ1) is 9.70. The van der Waals surface area contributed by atoms with Crippen LogP contribution in [0.25, 0.3) is 0 Å². The van der Waals surface area contributed by atoms with Crippen LogP contribution < -0.4 is 16.4 Å². The molecule has 1 heterocycles. The fourth-order valence-electron chi connectivity index (χ4n) is 2.32. The number of anilines is 2. The third-order valence-electron chi connectivity index (χ3n) is 3.45. The third-order valence-corrected chi connectivity index (χ3v) is 4.84. The van der Waals surface area contributed by atoms with Gasteiger partial charge in [0.15, 0.2) is 0 Å². The van der Waals surface area contributed by atoms with Crippen LogP contribution in [0, 0.1) is 0 Å². The van der Waals surface area contributed by atoms with E-state index in [4.69, 9.17) is 5.73 Å². The summed E-state index contributed by atoms with van der Waals surface area (Å²) in [6, 6.07) is 5.45. The summed E-state index contributed by atoms with van der Waals surface area (Å²) in [4.78, 5) is 11.7. The van der Waals surface area contributed by atoms with Crippen molar-refractivity contribution in [1.82, 2.24) is 5.32 Å². The lowest BCUT2D eigenvalue weighted by Gasteiger charge is -2.22. The van der Waals surface area contributed by atoms with Crippen molar-refractivity contribution < 1.29 is 4.79 Å². The van der Waals surface area contributed by atoms with Crippen molar-refractivity contribution in [3.63, 3.8) is 0 Å². The Morgan fingerprint density at radius 1 is 1.45 bits per heavy atom. The molecule has 1 aliphatic rings. The van der Waals surface area contributed by atoms with Gasteiger partial charge in [0.25, 0.3) is 5.91 Å². The van der Waals surface area contributed by atoms with Gasteiger partial charge < -0.3 is 16.4 Å². The maximum atomic E-state index is 11.7. The second-order valence-corrected chi connectivity index (χ2v) is 6.44. The molecular weight excluding hydrogens is 270 g/mol. The standard InChI is InChI=1S/C15H23N3OS/c1-2-17-15(19)11-6-7-14(13(16)9-11)18-10-12-5-3-4-8-20-12/h6-7,9,12,18H,2-5,8,10,16H2,1H3,(H,17,19). The Hall–Kier alpha value is -1.36. The van der Waals surface area contributed by atoms with Gasteiger partial charge in [-0.25, -0.2) is 0 Å². The molecule has 1 aromatic carbocycles. The third kappa shape index (κ3) is 4.07. The lowest BCUT2D eigenvalue weighted by atomic mass is 10.1. The fourth-order valence-corrected chi connectivity index (χ4v) is 3.56. The highest BCUT2D eigenvalue weighted by Crippen LogP contribution is 2.26. The molecule has 4 N–H and O–H groups in total. The van der Waals surface area contributed by atoms with E-state index in [9.17, 15) is 4.79 Å². The van der Waals surface area contributed by atoms with E-state index in [0.717, 1.165) is 12.2 Å². The summed E-state index contributed by atoms with van der Waals surface area (Å²) in [7, 11) is 0. The van der Waals surface area contributed by atoms with Crippen molar-refractivity contribution in [1.29, 1.82) is 0 Å². The molecule has 1 saturated heterocycles. The van der Waals surface area contributed by atoms with Crippen LogP contribution in [0.2, 0.25) is 0 Å². The number of carbonyl (C=O) groups is 1. The molecule has 1 aromatic rings. The van der Waals surface area contributed by atoms with Crippen LogP contribution in [0.5, 0.6) is 0 Å². The van der Waals surface area contributed by atoms with E-state index in [0.29, 0.717) is 23.0 Å². The molecule has 0 aromatic heterocycles.